The summed E-state index contributed by atoms with van der Waals surface area (Å²) in [6.45, 7) is -0.705. The van der Waals surface area contributed by atoms with E-state index in [1.165, 1.54) is 19.1 Å². The average Bonchev–Trinajstić information content (AvgIpc) is 2.91. The number of benzene rings is 3. The molecule has 1 heterocycles. The van der Waals surface area contributed by atoms with E-state index in [1.54, 1.807) is 36.4 Å². The fourth-order valence-electron chi connectivity index (χ4n) is 3.62. The largest absolute Gasteiger partial charge is 0.497 e. The quantitative estimate of drug-likeness (QED) is 0.378. The van der Waals surface area contributed by atoms with E-state index >= 15 is 0 Å². The van der Waals surface area contributed by atoms with E-state index in [4.69, 9.17) is 9.47 Å². The number of carbonyl (C=O) groups is 3. The summed E-state index contributed by atoms with van der Waals surface area (Å²) in [5.74, 6) is -0.944. The van der Waals surface area contributed by atoms with Crippen molar-refractivity contribution in [2.24, 2.45) is 0 Å². The van der Waals surface area contributed by atoms with Crippen LogP contribution in [0.5, 0.6) is 5.75 Å². The molecule has 0 fully saturated rings. The number of fused-ring (bicyclic) bond motifs is 1. The summed E-state index contributed by atoms with van der Waals surface area (Å²) in [4.78, 5) is 43.7. The monoisotopic (exact) mass is 483 g/mol. The fraction of sp³-hybridized carbons (Fsp3) is 0.143. The van der Waals surface area contributed by atoms with Gasteiger partial charge in [-0.3, -0.25) is 9.59 Å². The number of ether oxygens (including phenoxy) is 2. The van der Waals surface area contributed by atoms with Crippen LogP contribution in [0.4, 0.5) is 5.69 Å². The van der Waals surface area contributed by atoms with Crippen molar-refractivity contribution >= 4 is 34.4 Å². The maximum Gasteiger partial charge on any atom is 0.339 e. The number of nitrogens with one attached hydrogen (secondary N) is 1. The van der Waals surface area contributed by atoms with Gasteiger partial charge in [-0.25, -0.2) is 9.78 Å². The van der Waals surface area contributed by atoms with Gasteiger partial charge in [-0.2, -0.15) is 0 Å². The summed E-state index contributed by atoms with van der Waals surface area (Å²) in [5.41, 5.74) is 2.98. The molecule has 0 unspecified atom stereocenters. The molecule has 182 valence electrons. The molecule has 8 heteroatoms. The average molecular weight is 484 g/mol. The van der Waals surface area contributed by atoms with Crippen molar-refractivity contribution in [2.75, 3.05) is 32.6 Å². The predicted molar refractivity (Wildman–Crippen MR) is 137 cm³/mol. The lowest BCUT2D eigenvalue weighted by molar-refractivity contribution is -0.136. The Hall–Kier alpha value is -4.72. The zero-order chi connectivity index (χ0) is 25.5. The molecule has 3 aromatic carbocycles. The summed E-state index contributed by atoms with van der Waals surface area (Å²) >= 11 is 0. The maximum atomic E-state index is 13.0. The van der Waals surface area contributed by atoms with Crippen LogP contribution in [0.2, 0.25) is 0 Å². The van der Waals surface area contributed by atoms with Gasteiger partial charge in [-0.15, -0.1) is 0 Å². The first-order valence-electron chi connectivity index (χ1n) is 11.2. The highest BCUT2D eigenvalue weighted by molar-refractivity contribution is 6.05. The van der Waals surface area contributed by atoms with Crippen molar-refractivity contribution in [3.63, 3.8) is 0 Å². The Balaban J connectivity index is 1.41. The molecule has 0 bridgehead atoms. The molecule has 1 N–H and O–H groups in total. The van der Waals surface area contributed by atoms with Gasteiger partial charge in [-0.05, 0) is 24.3 Å². The number of hydrogen-bond acceptors (Lipinski definition) is 6. The first-order chi connectivity index (χ1) is 17.4. The van der Waals surface area contributed by atoms with E-state index in [-0.39, 0.29) is 6.54 Å². The summed E-state index contributed by atoms with van der Waals surface area (Å²) in [7, 11) is 3.00. The van der Waals surface area contributed by atoms with Crippen molar-refractivity contribution in [2.45, 2.75) is 0 Å². The van der Waals surface area contributed by atoms with Gasteiger partial charge in [0.1, 0.15) is 5.75 Å². The Kier molecular flexibility index (Phi) is 7.55. The van der Waals surface area contributed by atoms with Gasteiger partial charge < -0.3 is 19.7 Å². The first kappa shape index (κ1) is 24.4. The number of para-hydroxylation sites is 1. The van der Waals surface area contributed by atoms with Crippen LogP contribution in [0.3, 0.4) is 0 Å². The van der Waals surface area contributed by atoms with Crippen LogP contribution < -0.4 is 10.1 Å². The van der Waals surface area contributed by atoms with E-state index in [9.17, 15) is 14.4 Å². The Morgan fingerprint density at radius 1 is 0.917 bits per heavy atom. The number of aromatic nitrogens is 1. The zero-order valence-corrected chi connectivity index (χ0v) is 19.9. The number of rotatable bonds is 8. The molecule has 36 heavy (non-hydrogen) atoms. The van der Waals surface area contributed by atoms with Crippen molar-refractivity contribution in [1.29, 1.82) is 0 Å². The third kappa shape index (κ3) is 5.85. The number of anilines is 1. The van der Waals surface area contributed by atoms with Gasteiger partial charge in [0.25, 0.3) is 5.91 Å². The highest BCUT2D eigenvalue weighted by Crippen LogP contribution is 2.25. The van der Waals surface area contributed by atoms with E-state index in [2.05, 4.69) is 10.3 Å². The fourth-order valence-corrected chi connectivity index (χ4v) is 3.62. The summed E-state index contributed by atoms with van der Waals surface area (Å²) in [6.07, 6.45) is 0. The lowest BCUT2D eigenvalue weighted by Crippen LogP contribution is -2.37. The predicted octanol–water partition coefficient (Wildman–Crippen LogP) is 4.16. The first-order valence-corrected chi connectivity index (χ1v) is 11.2. The van der Waals surface area contributed by atoms with E-state index in [1.807, 2.05) is 48.5 Å². The molecule has 0 aliphatic carbocycles. The van der Waals surface area contributed by atoms with E-state index < -0.39 is 24.4 Å². The minimum atomic E-state index is -0.645. The Bertz CT molecular complexity index is 1400. The third-order valence-electron chi connectivity index (χ3n) is 5.49. The molecule has 4 aromatic rings. The minimum Gasteiger partial charge on any atom is -0.497 e. The number of nitrogens with zero attached hydrogens (tertiary/aromatic N) is 2. The van der Waals surface area contributed by atoms with Crippen LogP contribution in [0.1, 0.15) is 10.4 Å². The number of esters is 1. The van der Waals surface area contributed by atoms with Crippen LogP contribution in [0.25, 0.3) is 22.2 Å². The van der Waals surface area contributed by atoms with Crippen LogP contribution in [-0.2, 0) is 14.3 Å². The molecule has 0 saturated heterocycles. The van der Waals surface area contributed by atoms with E-state index in [0.717, 1.165) is 5.56 Å². The second-order valence-corrected chi connectivity index (χ2v) is 8.04. The summed E-state index contributed by atoms with van der Waals surface area (Å²) < 4.78 is 10.5. The molecule has 0 radical (unpaired) electrons. The lowest BCUT2D eigenvalue weighted by Gasteiger charge is -2.17. The van der Waals surface area contributed by atoms with Gasteiger partial charge in [0.05, 0.1) is 30.4 Å². The van der Waals surface area contributed by atoms with Gasteiger partial charge in [-0.1, -0.05) is 54.6 Å². The molecule has 0 atom stereocenters. The molecule has 0 saturated carbocycles. The molecule has 0 aliphatic heterocycles. The molecule has 8 nitrogen and oxygen atoms in total. The SMILES string of the molecule is COc1cccc(NC(=O)CN(C)C(=O)COC(=O)c2cc(-c3ccccc3)nc3ccccc23)c1. The van der Waals surface area contributed by atoms with Crippen LogP contribution in [0, 0.1) is 0 Å². The zero-order valence-electron chi connectivity index (χ0n) is 19.9. The molecule has 2 amide bonds. The smallest absolute Gasteiger partial charge is 0.339 e. The molecule has 0 aliphatic rings. The highest BCUT2D eigenvalue weighted by Gasteiger charge is 2.19. The summed E-state index contributed by atoms with van der Waals surface area (Å²) in [6, 6.07) is 25.3. The molecule has 0 spiro atoms. The van der Waals surface area contributed by atoms with Crippen molar-refractivity contribution < 1.29 is 23.9 Å². The van der Waals surface area contributed by atoms with Crippen molar-refractivity contribution in [1.82, 2.24) is 9.88 Å². The second-order valence-electron chi connectivity index (χ2n) is 8.04. The van der Waals surface area contributed by atoms with Crippen LogP contribution >= 0.6 is 0 Å². The molecular weight excluding hydrogens is 458 g/mol. The lowest BCUT2D eigenvalue weighted by atomic mass is 10.0. The van der Waals surface area contributed by atoms with Crippen LogP contribution in [-0.4, -0.2) is 55.0 Å². The van der Waals surface area contributed by atoms with Gasteiger partial charge in [0.2, 0.25) is 5.91 Å². The minimum absolute atomic E-state index is 0.204. The maximum absolute atomic E-state index is 13.0. The second kappa shape index (κ2) is 11.1. The summed E-state index contributed by atoms with van der Waals surface area (Å²) in [5, 5.41) is 3.33. The van der Waals surface area contributed by atoms with Crippen LogP contribution in [0.15, 0.2) is 84.9 Å². The Labute approximate surface area is 208 Å². The highest BCUT2D eigenvalue weighted by atomic mass is 16.5. The molecule has 4 rings (SSSR count). The van der Waals surface area contributed by atoms with Gasteiger partial charge in [0, 0.05) is 29.8 Å². The number of likely N-dealkylation sites (N-methyl/N-ethyl adjacent to an activating group) is 1. The number of carbonyl (C=O) groups excluding carboxylic acids is 3. The number of amides is 2. The Morgan fingerprint density at radius 2 is 1.67 bits per heavy atom. The standard InChI is InChI=1S/C28H25N3O5/c1-31(17-26(32)29-20-11-8-12-21(15-20)35-2)27(33)18-36-28(34)23-16-25(19-9-4-3-5-10-19)30-24-14-7-6-13-22(23)24/h3-16H,17-18H2,1-2H3,(H,29,32). The van der Waals surface area contributed by atoms with Crippen molar-refractivity contribution in [3.05, 3.63) is 90.5 Å². The topological polar surface area (TPSA) is 97.8 Å². The van der Waals surface area contributed by atoms with E-state index in [0.29, 0.717) is 33.6 Å². The normalized spacial score (nSPS) is 10.5. The Morgan fingerprint density at radius 3 is 2.44 bits per heavy atom. The van der Waals surface area contributed by atoms with Gasteiger partial charge >= 0.3 is 5.97 Å². The third-order valence-corrected chi connectivity index (χ3v) is 5.49. The molecular formula is C28H25N3O5. The number of methoxy groups -OCH3 is 1. The molecule has 1 aromatic heterocycles. The van der Waals surface area contributed by atoms with Crippen molar-refractivity contribution in [3.8, 4) is 17.0 Å². The number of pyridine rings is 1. The van der Waals surface area contributed by atoms with Gasteiger partial charge in [0.15, 0.2) is 6.61 Å². The number of hydrogen-bond donors (Lipinski definition) is 1.